The van der Waals surface area contributed by atoms with E-state index in [0.29, 0.717) is 6.04 Å². The van der Waals surface area contributed by atoms with Gasteiger partial charge >= 0.3 is 0 Å². The zero-order valence-electron chi connectivity index (χ0n) is 14.5. The fraction of sp³-hybridized carbons (Fsp3) is 0.526. The van der Waals surface area contributed by atoms with Crippen molar-refractivity contribution in [1.29, 1.82) is 0 Å². The van der Waals surface area contributed by atoms with Crippen LogP contribution < -0.4 is 0 Å². The zero-order valence-corrected chi connectivity index (χ0v) is 14.5. The Morgan fingerprint density at radius 1 is 1.27 bits per heavy atom. The summed E-state index contributed by atoms with van der Waals surface area (Å²) in [5.74, 6) is 0. The number of hydrogen-bond acceptors (Lipinski definition) is 2. The summed E-state index contributed by atoms with van der Waals surface area (Å²) in [7, 11) is 4.37. The van der Waals surface area contributed by atoms with Crippen molar-refractivity contribution in [3.05, 3.63) is 40.7 Å². The van der Waals surface area contributed by atoms with Gasteiger partial charge in [0.2, 0.25) is 0 Å². The number of aromatic nitrogens is 2. The van der Waals surface area contributed by atoms with Crippen LogP contribution >= 0.6 is 0 Å². The molecule has 0 saturated heterocycles. The van der Waals surface area contributed by atoms with Crippen molar-refractivity contribution >= 4 is 0 Å². The van der Waals surface area contributed by atoms with Gasteiger partial charge in [-0.1, -0.05) is 19.1 Å². The van der Waals surface area contributed by atoms with Crippen LogP contribution in [0.15, 0.2) is 18.2 Å². The Hall–Kier alpha value is -1.61. The first-order chi connectivity index (χ1) is 10.5. The van der Waals surface area contributed by atoms with Crippen molar-refractivity contribution in [2.24, 2.45) is 0 Å². The van der Waals surface area contributed by atoms with Crippen molar-refractivity contribution in [2.75, 3.05) is 14.1 Å². The molecule has 1 atom stereocenters. The number of fused-ring (bicyclic) bond motifs is 1. The maximum Gasteiger partial charge on any atom is 0.0674 e. The average Bonchev–Trinajstić information content (AvgIpc) is 3.01. The van der Waals surface area contributed by atoms with Crippen LogP contribution in [0.25, 0.3) is 11.1 Å². The predicted molar refractivity (Wildman–Crippen MR) is 92.2 cm³/mol. The van der Waals surface area contributed by atoms with Gasteiger partial charge < -0.3 is 4.90 Å². The molecule has 3 nitrogen and oxygen atoms in total. The van der Waals surface area contributed by atoms with Crippen LogP contribution in [-0.4, -0.2) is 28.8 Å². The number of hydrogen-bond donors (Lipinski definition) is 0. The van der Waals surface area contributed by atoms with Crippen LogP contribution in [0.1, 0.15) is 48.3 Å². The Balaban J connectivity index is 2.06. The summed E-state index contributed by atoms with van der Waals surface area (Å²) in [6, 6.07) is 7.57. The second-order valence-corrected chi connectivity index (χ2v) is 6.70. The number of benzene rings is 1. The lowest BCUT2D eigenvalue weighted by atomic mass is 9.98. The molecule has 3 heteroatoms. The first kappa shape index (κ1) is 15.3. The number of aryl methyl sites for hydroxylation is 3. The van der Waals surface area contributed by atoms with Gasteiger partial charge in [-0.2, -0.15) is 5.10 Å². The molecule has 0 bridgehead atoms. The molecule has 3 rings (SSSR count). The monoisotopic (exact) mass is 297 g/mol. The van der Waals surface area contributed by atoms with Crippen LogP contribution in [0.2, 0.25) is 0 Å². The van der Waals surface area contributed by atoms with Crippen LogP contribution in [0.3, 0.4) is 0 Å². The van der Waals surface area contributed by atoms with E-state index in [1.807, 2.05) is 0 Å². The average molecular weight is 297 g/mol. The van der Waals surface area contributed by atoms with Crippen LogP contribution in [0, 0.1) is 13.8 Å². The Bertz CT molecular complexity index is 682. The maximum atomic E-state index is 4.73. The van der Waals surface area contributed by atoms with Gasteiger partial charge in [-0.05, 0) is 70.0 Å². The van der Waals surface area contributed by atoms with Gasteiger partial charge in [0.05, 0.1) is 5.69 Å². The quantitative estimate of drug-likeness (QED) is 0.846. The van der Waals surface area contributed by atoms with Gasteiger partial charge in [0, 0.05) is 23.8 Å². The SMILES string of the molecule is CCCn1nc(C)c(-c2ccc3c(c2)C(N(C)C)CC3)c1C. The largest absolute Gasteiger partial charge is 0.302 e. The fourth-order valence-electron chi connectivity index (χ4n) is 3.82. The van der Waals surface area contributed by atoms with E-state index in [4.69, 9.17) is 5.10 Å². The third-order valence-corrected chi connectivity index (χ3v) is 4.92. The third-order valence-electron chi connectivity index (χ3n) is 4.92. The van der Waals surface area contributed by atoms with E-state index in [1.165, 1.54) is 40.8 Å². The molecule has 0 aliphatic heterocycles. The molecule has 0 N–H and O–H groups in total. The van der Waals surface area contributed by atoms with Crippen LogP contribution in [0.5, 0.6) is 0 Å². The summed E-state index contributed by atoms with van der Waals surface area (Å²) >= 11 is 0. The highest BCUT2D eigenvalue weighted by Gasteiger charge is 2.25. The molecule has 0 saturated carbocycles. The van der Waals surface area contributed by atoms with E-state index in [-0.39, 0.29) is 0 Å². The van der Waals surface area contributed by atoms with Gasteiger partial charge in [0.1, 0.15) is 0 Å². The van der Waals surface area contributed by atoms with Gasteiger partial charge in [0.15, 0.2) is 0 Å². The second kappa shape index (κ2) is 5.88. The molecule has 1 aliphatic carbocycles. The van der Waals surface area contributed by atoms with Crippen LogP contribution in [-0.2, 0) is 13.0 Å². The lowest BCUT2D eigenvalue weighted by Crippen LogP contribution is -2.17. The molecule has 1 heterocycles. The standard InChI is InChI=1S/C19H27N3/c1-6-11-22-14(3)19(13(2)20-22)16-8-7-15-9-10-18(21(4)5)17(15)12-16/h7-8,12,18H,6,9-11H2,1-5H3. The zero-order chi connectivity index (χ0) is 15.9. The van der Waals surface area contributed by atoms with Crippen molar-refractivity contribution < 1.29 is 0 Å². The molecule has 118 valence electrons. The minimum atomic E-state index is 0.557. The Morgan fingerprint density at radius 3 is 2.73 bits per heavy atom. The highest BCUT2D eigenvalue weighted by atomic mass is 15.3. The number of rotatable bonds is 4. The Kier molecular flexibility index (Phi) is 4.09. The summed E-state index contributed by atoms with van der Waals surface area (Å²) < 4.78 is 2.15. The van der Waals surface area contributed by atoms with E-state index in [0.717, 1.165) is 18.7 Å². The second-order valence-electron chi connectivity index (χ2n) is 6.70. The van der Waals surface area contributed by atoms with E-state index < -0.39 is 0 Å². The molecule has 1 aromatic heterocycles. The molecular formula is C19H27N3. The summed E-state index contributed by atoms with van der Waals surface area (Å²) in [5, 5.41) is 4.73. The summed E-state index contributed by atoms with van der Waals surface area (Å²) in [4.78, 5) is 2.34. The fourth-order valence-corrected chi connectivity index (χ4v) is 3.82. The molecule has 1 aliphatic rings. The molecule has 0 radical (unpaired) electrons. The molecule has 1 unspecified atom stereocenters. The van der Waals surface area contributed by atoms with Gasteiger partial charge in [-0.15, -0.1) is 0 Å². The van der Waals surface area contributed by atoms with Crippen molar-refractivity contribution in [3.8, 4) is 11.1 Å². The predicted octanol–water partition coefficient (Wildman–Crippen LogP) is 4.13. The normalized spacial score (nSPS) is 17.3. The lowest BCUT2D eigenvalue weighted by molar-refractivity contribution is 0.299. The van der Waals surface area contributed by atoms with Gasteiger partial charge in [-0.3, -0.25) is 4.68 Å². The summed E-state index contributed by atoms with van der Waals surface area (Å²) in [6.07, 6.45) is 3.55. The Morgan fingerprint density at radius 2 is 2.05 bits per heavy atom. The molecule has 2 aromatic rings. The van der Waals surface area contributed by atoms with E-state index in [1.54, 1.807) is 0 Å². The third kappa shape index (κ3) is 2.48. The van der Waals surface area contributed by atoms with Crippen molar-refractivity contribution in [2.45, 2.75) is 52.6 Å². The smallest absolute Gasteiger partial charge is 0.0674 e. The molecule has 0 fully saturated rings. The first-order valence-electron chi connectivity index (χ1n) is 8.36. The molecule has 0 spiro atoms. The highest BCUT2D eigenvalue weighted by molar-refractivity contribution is 5.70. The number of nitrogens with zero attached hydrogens (tertiary/aromatic N) is 3. The van der Waals surface area contributed by atoms with E-state index in [9.17, 15) is 0 Å². The summed E-state index contributed by atoms with van der Waals surface area (Å²) in [5.41, 5.74) is 8.10. The van der Waals surface area contributed by atoms with Gasteiger partial charge in [-0.25, -0.2) is 0 Å². The lowest BCUT2D eigenvalue weighted by Gasteiger charge is -2.20. The Labute approximate surface area is 133 Å². The van der Waals surface area contributed by atoms with Crippen molar-refractivity contribution in [3.63, 3.8) is 0 Å². The topological polar surface area (TPSA) is 21.1 Å². The minimum absolute atomic E-state index is 0.557. The van der Waals surface area contributed by atoms with Crippen molar-refractivity contribution in [1.82, 2.24) is 14.7 Å². The molecule has 22 heavy (non-hydrogen) atoms. The van der Waals surface area contributed by atoms with E-state index in [2.05, 4.69) is 62.6 Å². The minimum Gasteiger partial charge on any atom is -0.302 e. The maximum absolute atomic E-state index is 4.73. The van der Waals surface area contributed by atoms with E-state index >= 15 is 0 Å². The molecule has 0 amide bonds. The highest BCUT2D eigenvalue weighted by Crippen LogP contribution is 2.38. The first-order valence-corrected chi connectivity index (χ1v) is 8.36. The molecule has 1 aromatic carbocycles. The van der Waals surface area contributed by atoms with Gasteiger partial charge in [0.25, 0.3) is 0 Å². The summed E-state index contributed by atoms with van der Waals surface area (Å²) in [6.45, 7) is 7.53. The van der Waals surface area contributed by atoms with Crippen LogP contribution in [0.4, 0.5) is 0 Å². The molecular weight excluding hydrogens is 270 g/mol.